The van der Waals surface area contributed by atoms with Crippen molar-refractivity contribution in [3.63, 3.8) is 0 Å². The summed E-state index contributed by atoms with van der Waals surface area (Å²) < 4.78 is 0. The fourth-order valence-electron chi connectivity index (χ4n) is 3.13. The summed E-state index contributed by atoms with van der Waals surface area (Å²) in [5.74, 6) is 0.301. The molecule has 2 rings (SSSR count). The van der Waals surface area contributed by atoms with Gasteiger partial charge >= 0.3 is 0 Å². The normalized spacial score (nSPS) is 27.4. The summed E-state index contributed by atoms with van der Waals surface area (Å²) >= 11 is 0. The fourth-order valence-corrected chi connectivity index (χ4v) is 3.13. The molecule has 4 heteroatoms. The molecule has 1 N–H and O–H groups in total. The third kappa shape index (κ3) is 3.23. The minimum atomic E-state index is 0.0472. The maximum Gasteiger partial charge on any atom is 0.240 e. The second-order valence-electron chi connectivity index (χ2n) is 6.05. The first kappa shape index (κ1) is 13.8. The number of hydrogen-bond donors (Lipinski definition) is 1. The number of hydrogen-bond acceptors (Lipinski definition) is 3. The zero-order valence-corrected chi connectivity index (χ0v) is 12.0. The molecule has 18 heavy (non-hydrogen) atoms. The average Bonchev–Trinajstić information content (AvgIpc) is 2.90. The summed E-state index contributed by atoms with van der Waals surface area (Å²) in [6, 6.07) is 0.786. The Kier molecular flexibility index (Phi) is 4.62. The SMILES string of the molecule is CC(C)NC1CCN(C(C)CN2CCCC2)C1=O. The molecule has 2 aliphatic heterocycles. The quantitative estimate of drug-likeness (QED) is 0.796. The Labute approximate surface area is 111 Å². The van der Waals surface area contributed by atoms with Crippen molar-refractivity contribution < 1.29 is 4.79 Å². The largest absolute Gasteiger partial charge is 0.337 e. The van der Waals surface area contributed by atoms with Crippen molar-refractivity contribution in [1.29, 1.82) is 0 Å². The molecule has 2 atom stereocenters. The Hall–Kier alpha value is -0.610. The van der Waals surface area contributed by atoms with Crippen LogP contribution in [-0.4, -0.2) is 60.0 Å². The van der Waals surface area contributed by atoms with Gasteiger partial charge in [0.25, 0.3) is 0 Å². The molecule has 2 fully saturated rings. The second kappa shape index (κ2) is 6.02. The standard InChI is InChI=1S/C14H27N3O/c1-11(2)15-13-6-9-17(14(13)18)12(3)10-16-7-4-5-8-16/h11-13,15H,4-10H2,1-3H3. The van der Waals surface area contributed by atoms with Gasteiger partial charge in [-0.15, -0.1) is 0 Å². The third-order valence-corrected chi connectivity index (χ3v) is 4.03. The van der Waals surface area contributed by atoms with E-state index in [9.17, 15) is 4.79 Å². The van der Waals surface area contributed by atoms with Gasteiger partial charge in [0.15, 0.2) is 0 Å². The van der Waals surface area contributed by atoms with Crippen LogP contribution in [0.3, 0.4) is 0 Å². The minimum absolute atomic E-state index is 0.0472. The zero-order chi connectivity index (χ0) is 13.1. The van der Waals surface area contributed by atoms with Gasteiger partial charge in [-0.1, -0.05) is 13.8 Å². The Bertz CT molecular complexity index is 287. The van der Waals surface area contributed by atoms with Crippen LogP contribution in [0.5, 0.6) is 0 Å². The van der Waals surface area contributed by atoms with Crippen LogP contribution < -0.4 is 5.32 Å². The Balaban J connectivity index is 1.83. The Morgan fingerprint density at radius 2 is 1.89 bits per heavy atom. The number of likely N-dealkylation sites (tertiary alicyclic amines) is 2. The van der Waals surface area contributed by atoms with Crippen molar-refractivity contribution in [3.05, 3.63) is 0 Å². The van der Waals surface area contributed by atoms with Gasteiger partial charge in [0, 0.05) is 25.2 Å². The highest BCUT2D eigenvalue weighted by molar-refractivity contribution is 5.84. The maximum absolute atomic E-state index is 12.3. The molecule has 0 aliphatic carbocycles. The number of carbonyl (C=O) groups is 1. The van der Waals surface area contributed by atoms with E-state index in [0.29, 0.717) is 18.0 Å². The molecular weight excluding hydrogens is 226 g/mol. The van der Waals surface area contributed by atoms with Gasteiger partial charge in [0.2, 0.25) is 5.91 Å². The highest BCUT2D eigenvalue weighted by Gasteiger charge is 2.34. The lowest BCUT2D eigenvalue weighted by molar-refractivity contribution is -0.131. The van der Waals surface area contributed by atoms with E-state index in [4.69, 9.17) is 0 Å². The lowest BCUT2D eigenvalue weighted by atomic mass is 10.2. The van der Waals surface area contributed by atoms with Crippen LogP contribution in [0.25, 0.3) is 0 Å². The van der Waals surface area contributed by atoms with Gasteiger partial charge in [-0.25, -0.2) is 0 Å². The van der Waals surface area contributed by atoms with Gasteiger partial charge in [0.05, 0.1) is 6.04 Å². The Morgan fingerprint density at radius 3 is 2.50 bits per heavy atom. The molecule has 104 valence electrons. The van der Waals surface area contributed by atoms with Crippen molar-refractivity contribution in [2.45, 2.75) is 58.2 Å². The lowest BCUT2D eigenvalue weighted by Gasteiger charge is -2.29. The molecule has 0 radical (unpaired) electrons. The summed E-state index contributed by atoms with van der Waals surface area (Å²) in [7, 11) is 0. The summed E-state index contributed by atoms with van der Waals surface area (Å²) in [5, 5.41) is 3.37. The fraction of sp³-hybridized carbons (Fsp3) is 0.929. The minimum Gasteiger partial charge on any atom is -0.337 e. The smallest absolute Gasteiger partial charge is 0.240 e. The van der Waals surface area contributed by atoms with Crippen LogP contribution in [0, 0.1) is 0 Å². The Morgan fingerprint density at radius 1 is 1.22 bits per heavy atom. The van der Waals surface area contributed by atoms with Crippen molar-refractivity contribution in [2.75, 3.05) is 26.2 Å². The van der Waals surface area contributed by atoms with E-state index in [1.54, 1.807) is 0 Å². The van der Waals surface area contributed by atoms with E-state index >= 15 is 0 Å². The van der Waals surface area contributed by atoms with Crippen molar-refractivity contribution in [1.82, 2.24) is 15.1 Å². The first-order valence-corrected chi connectivity index (χ1v) is 7.37. The first-order chi connectivity index (χ1) is 8.58. The average molecular weight is 253 g/mol. The molecule has 2 heterocycles. The van der Waals surface area contributed by atoms with Crippen LogP contribution in [0.4, 0.5) is 0 Å². The summed E-state index contributed by atoms with van der Waals surface area (Å²) in [4.78, 5) is 16.9. The number of nitrogens with one attached hydrogen (secondary N) is 1. The van der Waals surface area contributed by atoms with Crippen molar-refractivity contribution in [3.8, 4) is 0 Å². The monoisotopic (exact) mass is 253 g/mol. The molecule has 0 saturated carbocycles. The van der Waals surface area contributed by atoms with Crippen LogP contribution in [0.2, 0.25) is 0 Å². The van der Waals surface area contributed by atoms with E-state index in [2.05, 4.69) is 35.9 Å². The van der Waals surface area contributed by atoms with Crippen LogP contribution in [-0.2, 0) is 4.79 Å². The number of carbonyl (C=O) groups excluding carboxylic acids is 1. The predicted octanol–water partition coefficient (Wildman–Crippen LogP) is 1.07. The number of rotatable bonds is 5. The maximum atomic E-state index is 12.3. The van der Waals surface area contributed by atoms with E-state index < -0.39 is 0 Å². The third-order valence-electron chi connectivity index (χ3n) is 4.03. The van der Waals surface area contributed by atoms with E-state index in [1.807, 2.05) is 0 Å². The van der Waals surface area contributed by atoms with E-state index in [-0.39, 0.29) is 6.04 Å². The van der Waals surface area contributed by atoms with Crippen LogP contribution in [0.1, 0.15) is 40.0 Å². The van der Waals surface area contributed by atoms with Gasteiger partial charge in [-0.3, -0.25) is 4.79 Å². The topological polar surface area (TPSA) is 35.6 Å². The van der Waals surface area contributed by atoms with Crippen LogP contribution >= 0.6 is 0 Å². The van der Waals surface area contributed by atoms with Crippen molar-refractivity contribution in [2.24, 2.45) is 0 Å². The molecule has 0 bridgehead atoms. The lowest BCUT2D eigenvalue weighted by Crippen LogP contribution is -2.47. The molecule has 4 nitrogen and oxygen atoms in total. The van der Waals surface area contributed by atoms with Crippen molar-refractivity contribution >= 4 is 5.91 Å². The van der Waals surface area contributed by atoms with Gasteiger partial charge in [-0.2, -0.15) is 0 Å². The second-order valence-corrected chi connectivity index (χ2v) is 6.05. The molecular formula is C14H27N3O. The molecule has 2 unspecified atom stereocenters. The van der Waals surface area contributed by atoms with E-state index in [0.717, 1.165) is 19.5 Å². The highest BCUT2D eigenvalue weighted by atomic mass is 16.2. The van der Waals surface area contributed by atoms with E-state index in [1.165, 1.54) is 25.9 Å². The molecule has 0 aromatic rings. The molecule has 1 amide bonds. The van der Waals surface area contributed by atoms with Crippen LogP contribution in [0.15, 0.2) is 0 Å². The van der Waals surface area contributed by atoms with Gasteiger partial charge in [0.1, 0.15) is 0 Å². The molecule has 0 spiro atoms. The predicted molar refractivity (Wildman–Crippen MR) is 73.5 cm³/mol. The molecule has 2 aliphatic rings. The summed E-state index contributed by atoms with van der Waals surface area (Å²) in [6.07, 6.45) is 3.59. The van der Waals surface area contributed by atoms with Gasteiger partial charge in [-0.05, 0) is 39.3 Å². The highest BCUT2D eigenvalue weighted by Crippen LogP contribution is 2.17. The number of amides is 1. The number of nitrogens with zero attached hydrogens (tertiary/aromatic N) is 2. The molecule has 0 aromatic heterocycles. The summed E-state index contributed by atoms with van der Waals surface area (Å²) in [5.41, 5.74) is 0. The first-order valence-electron chi connectivity index (χ1n) is 7.37. The zero-order valence-electron chi connectivity index (χ0n) is 12.0. The summed E-state index contributed by atoms with van der Waals surface area (Å²) in [6.45, 7) is 10.8. The molecule has 2 saturated heterocycles. The molecule has 0 aromatic carbocycles. The van der Waals surface area contributed by atoms with Gasteiger partial charge < -0.3 is 15.1 Å².